The van der Waals surface area contributed by atoms with Crippen LogP contribution >= 0.6 is 0 Å². The molecule has 6 aromatic rings. The van der Waals surface area contributed by atoms with Crippen molar-refractivity contribution in [2.24, 2.45) is 12.0 Å². The number of aryl methyl sites for hydroxylation is 1. The predicted molar refractivity (Wildman–Crippen MR) is 146 cm³/mol. The van der Waals surface area contributed by atoms with E-state index in [9.17, 15) is 8.42 Å². The fraction of sp³-hybridized carbons (Fsp3) is 0.138. The second-order valence-corrected chi connectivity index (χ2v) is 10.7. The summed E-state index contributed by atoms with van der Waals surface area (Å²) < 4.78 is 30.6. The first-order chi connectivity index (χ1) is 17.5. The van der Waals surface area contributed by atoms with Crippen molar-refractivity contribution >= 4 is 53.6 Å². The number of hydrogen-bond donors (Lipinski definition) is 2. The van der Waals surface area contributed by atoms with E-state index in [0.29, 0.717) is 19.5 Å². The number of para-hydroxylation sites is 2. The maximum Gasteiger partial charge on any atom is 0.240 e. The van der Waals surface area contributed by atoms with E-state index in [1.807, 2.05) is 54.6 Å². The average molecular weight is 495 g/mol. The van der Waals surface area contributed by atoms with Gasteiger partial charge in [0.05, 0.1) is 21.2 Å². The Morgan fingerprint density at radius 3 is 2.44 bits per heavy atom. The molecule has 4 aromatic carbocycles. The first kappa shape index (κ1) is 22.5. The second-order valence-electron chi connectivity index (χ2n) is 8.96. The molecule has 0 bridgehead atoms. The van der Waals surface area contributed by atoms with Gasteiger partial charge in [-0.1, -0.05) is 66.7 Å². The summed E-state index contributed by atoms with van der Waals surface area (Å²) in [5, 5.41) is 6.15. The lowest BCUT2D eigenvalue weighted by Crippen LogP contribution is -2.25. The largest absolute Gasteiger partial charge is 0.341 e. The van der Waals surface area contributed by atoms with E-state index < -0.39 is 10.0 Å². The lowest BCUT2D eigenvalue weighted by atomic mass is 10.1. The highest BCUT2D eigenvalue weighted by Gasteiger charge is 2.14. The van der Waals surface area contributed by atoms with Crippen LogP contribution in [0.1, 0.15) is 6.42 Å². The Labute approximate surface area is 209 Å². The second kappa shape index (κ2) is 8.93. The molecule has 7 heteroatoms. The van der Waals surface area contributed by atoms with Crippen molar-refractivity contribution in [2.75, 3.05) is 13.1 Å². The van der Waals surface area contributed by atoms with Crippen LogP contribution in [0.15, 0.2) is 101 Å². The van der Waals surface area contributed by atoms with Crippen molar-refractivity contribution in [3.63, 3.8) is 0 Å². The van der Waals surface area contributed by atoms with Gasteiger partial charge in [0.15, 0.2) is 0 Å². The molecule has 2 heterocycles. The van der Waals surface area contributed by atoms with E-state index in [2.05, 4.69) is 45.6 Å². The number of aromatic amines is 1. The third-order valence-corrected chi connectivity index (χ3v) is 8.17. The quantitative estimate of drug-likeness (QED) is 0.311. The minimum atomic E-state index is -3.59. The molecule has 36 heavy (non-hydrogen) atoms. The number of pyridine rings is 1. The molecule has 0 fully saturated rings. The van der Waals surface area contributed by atoms with Crippen molar-refractivity contribution in [1.29, 1.82) is 0 Å². The Bertz CT molecular complexity index is 1930. The lowest BCUT2D eigenvalue weighted by Gasteiger charge is -2.09. The highest BCUT2D eigenvalue weighted by molar-refractivity contribution is 7.89. The summed E-state index contributed by atoms with van der Waals surface area (Å²) in [6, 6.07) is 29.4. The number of benzene rings is 4. The molecule has 6 nitrogen and oxygen atoms in total. The van der Waals surface area contributed by atoms with Gasteiger partial charge in [0, 0.05) is 36.4 Å². The van der Waals surface area contributed by atoms with Gasteiger partial charge in [-0.2, -0.15) is 0 Å². The molecule has 0 saturated carbocycles. The third kappa shape index (κ3) is 3.86. The van der Waals surface area contributed by atoms with Crippen LogP contribution < -0.4 is 10.1 Å². The standard InChI is InChI=1S/C29H26N4O2S/c1-33-26-14-7-5-12-24(26)28(27-23-11-4-6-13-25(23)32-29(27)33)30-17-8-18-31-36(34,35)22-16-15-20-9-2-3-10-21(20)19-22/h2-7,9-16,19,31-32H,8,17-18H2,1H3. The summed E-state index contributed by atoms with van der Waals surface area (Å²) in [7, 11) is -1.53. The number of sulfonamides is 1. The normalized spacial score (nSPS) is 12.9. The molecule has 0 aliphatic heterocycles. The fourth-order valence-electron chi connectivity index (χ4n) is 4.90. The van der Waals surface area contributed by atoms with Crippen molar-refractivity contribution in [3.8, 4) is 0 Å². The van der Waals surface area contributed by atoms with Crippen LogP contribution in [0.3, 0.4) is 0 Å². The Morgan fingerprint density at radius 2 is 1.58 bits per heavy atom. The predicted octanol–water partition coefficient (Wildman–Crippen LogP) is 5.24. The van der Waals surface area contributed by atoms with Crippen LogP contribution in [-0.2, 0) is 17.1 Å². The Kier molecular flexibility index (Phi) is 5.59. The topological polar surface area (TPSA) is 79.2 Å². The molecule has 0 radical (unpaired) electrons. The molecule has 0 unspecified atom stereocenters. The molecular formula is C29H26N4O2S. The molecule has 0 saturated heterocycles. The van der Waals surface area contributed by atoms with Crippen molar-refractivity contribution in [3.05, 3.63) is 96.4 Å². The van der Waals surface area contributed by atoms with E-state index in [4.69, 9.17) is 4.99 Å². The van der Waals surface area contributed by atoms with Crippen LogP contribution in [0.2, 0.25) is 0 Å². The van der Waals surface area contributed by atoms with Crippen LogP contribution in [0.25, 0.3) is 43.6 Å². The molecule has 0 aliphatic rings. The van der Waals surface area contributed by atoms with E-state index in [1.54, 1.807) is 12.1 Å². The highest BCUT2D eigenvalue weighted by Crippen LogP contribution is 2.25. The summed E-state index contributed by atoms with van der Waals surface area (Å²) in [6.45, 7) is 0.820. The third-order valence-electron chi connectivity index (χ3n) is 6.71. The zero-order chi connectivity index (χ0) is 24.7. The molecule has 2 aromatic heterocycles. The van der Waals surface area contributed by atoms with E-state index in [-0.39, 0.29) is 4.90 Å². The molecule has 2 N–H and O–H groups in total. The zero-order valence-corrected chi connectivity index (χ0v) is 20.7. The van der Waals surface area contributed by atoms with E-state index >= 15 is 0 Å². The Balaban J connectivity index is 1.29. The summed E-state index contributed by atoms with van der Waals surface area (Å²) in [4.78, 5) is 8.81. The number of H-pyrrole nitrogens is 1. The Hall–Kier alpha value is -3.94. The number of rotatable bonds is 6. The number of nitrogens with one attached hydrogen (secondary N) is 2. The van der Waals surface area contributed by atoms with E-state index in [0.717, 1.165) is 49.0 Å². The van der Waals surface area contributed by atoms with Gasteiger partial charge in [-0.05, 0) is 41.5 Å². The first-order valence-corrected chi connectivity index (χ1v) is 13.5. The van der Waals surface area contributed by atoms with Crippen LogP contribution in [0.5, 0.6) is 0 Å². The molecule has 0 amide bonds. The molecule has 0 spiro atoms. The fourth-order valence-corrected chi connectivity index (χ4v) is 6.01. The molecular weight excluding hydrogens is 468 g/mol. The minimum Gasteiger partial charge on any atom is -0.341 e. The Morgan fingerprint density at radius 1 is 0.861 bits per heavy atom. The van der Waals surface area contributed by atoms with Crippen LogP contribution in [0, 0.1) is 0 Å². The average Bonchev–Trinajstić information content (AvgIpc) is 3.30. The maximum atomic E-state index is 12.9. The van der Waals surface area contributed by atoms with Gasteiger partial charge in [0.1, 0.15) is 5.65 Å². The summed E-state index contributed by atoms with van der Waals surface area (Å²) >= 11 is 0. The molecule has 6 rings (SSSR count). The van der Waals surface area contributed by atoms with Crippen LogP contribution in [-0.4, -0.2) is 31.1 Å². The first-order valence-electron chi connectivity index (χ1n) is 12.0. The summed E-state index contributed by atoms with van der Waals surface area (Å²) in [6.07, 6.45) is 0.589. The number of fused-ring (bicyclic) bond motifs is 5. The van der Waals surface area contributed by atoms with Gasteiger partial charge in [-0.25, -0.2) is 13.1 Å². The maximum absolute atomic E-state index is 12.9. The summed E-state index contributed by atoms with van der Waals surface area (Å²) in [5.74, 6) is 0. The van der Waals surface area contributed by atoms with Gasteiger partial charge in [0.25, 0.3) is 0 Å². The van der Waals surface area contributed by atoms with Gasteiger partial charge in [-0.15, -0.1) is 0 Å². The SMILES string of the molecule is Cn1c2ccccc2c(=NCCCNS(=O)(=O)c2ccc3ccccc3c2)c2c3ccccc3[nH]c21. The number of hydrogen-bond acceptors (Lipinski definition) is 3. The summed E-state index contributed by atoms with van der Waals surface area (Å²) in [5.41, 5.74) is 3.18. The molecule has 180 valence electrons. The smallest absolute Gasteiger partial charge is 0.240 e. The lowest BCUT2D eigenvalue weighted by molar-refractivity contribution is 0.579. The molecule has 0 aliphatic carbocycles. The van der Waals surface area contributed by atoms with Crippen molar-refractivity contribution in [2.45, 2.75) is 11.3 Å². The van der Waals surface area contributed by atoms with E-state index in [1.165, 1.54) is 0 Å². The van der Waals surface area contributed by atoms with Crippen molar-refractivity contribution in [1.82, 2.24) is 14.3 Å². The van der Waals surface area contributed by atoms with Gasteiger partial charge in [-0.3, -0.25) is 4.99 Å². The molecule has 0 atom stereocenters. The minimum absolute atomic E-state index is 0.278. The van der Waals surface area contributed by atoms with Gasteiger partial charge < -0.3 is 9.55 Å². The van der Waals surface area contributed by atoms with Crippen LogP contribution in [0.4, 0.5) is 0 Å². The van der Waals surface area contributed by atoms with Gasteiger partial charge >= 0.3 is 0 Å². The van der Waals surface area contributed by atoms with Gasteiger partial charge in [0.2, 0.25) is 10.0 Å². The highest BCUT2D eigenvalue weighted by atomic mass is 32.2. The number of nitrogens with zero attached hydrogens (tertiary/aromatic N) is 2. The monoisotopic (exact) mass is 494 g/mol. The zero-order valence-electron chi connectivity index (χ0n) is 19.9. The number of aromatic nitrogens is 2. The van der Waals surface area contributed by atoms with Crippen molar-refractivity contribution < 1.29 is 8.42 Å².